The normalized spacial score (nSPS) is 13.7. The van der Waals surface area contributed by atoms with E-state index >= 15 is 0 Å². The molecule has 122 valence electrons. The van der Waals surface area contributed by atoms with E-state index in [1.807, 2.05) is 44.3 Å². The van der Waals surface area contributed by atoms with Crippen molar-refractivity contribution in [3.63, 3.8) is 0 Å². The lowest BCUT2D eigenvalue weighted by Crippen LogP contribution is -2.29. The average Bonchev–Trinajstić information content (AvgIpc) is 2.46. The van der Waals surface area contributed by atoms with E-state index in [-0.39, 0.29) is 6.04 Å². The molecule has 0 amide bonds. The summed E-state index contributed by atoms with van der Waals surface area (Å²) in [5, 5.41) is 0. The Morgan fingerprint density at radius 1 is 1.13 bits per heavy atom. The van der Waals surface area contributed by atoms with E-state index in [0.717, 1.165) is 28.3 Å². The van der Waals surface area contributed by atoms with Gasteiger partial charge in [0.05, 0.1) is 17.4 Å². The van der Waals surface area contributed by atoms with Gasteiger partial charge in [0.25, 0.3) is 0 Å². The molecule has 3 nitrogen and oxygen atoms in total. The molecule has 2 rings (SSSR count). The molecule has 2 aromatic rings. The van der Waals surface area contributed by atoms with E-state index in [0.29, 0.717) is 0 Å². The minimum absolute atomic E-state index is 0.0330. The highest BCUT2D eigenvalue weighted by atomic mass is 28.4. The molecule has 0 radical (unpaired) electrons. The Bertz CT molecular complexity index is 687. The van der Waals surface area contributed by atoms with Gasteiger partial charge in [0.1, 0.15) is 5.75 Å². The van der Waals surface area contributed by atoms with Crippen LogP contribution in [0.4, 0.5) is 0 Å². The van der Waals surface area contributed by atoms with Crippen LogP contribution in [0.3, 0.4) is 0 Å². The number of hydrogen-bond donors (Lipinski definition) is 0. The first-order chi connectivity index (χ1) is 10.8. The second-order valence-corrected chi connectivity index (χ2v) is 11.3. The van der Waals surface area contributed by atoms with Crippen molar-refractivity contribution in [1.29, 1.82) is 0 Å². The Kier molecular flexibility index (Phi) is 5.37. The van der Waals surface area contributed by atoms with Gasteiger partial charge in [-0.25, -0.2) is 0 Å². The van der Waals surface area contributed by atoms with Crippen molar-refractivity contribution in [3.05, 3.63) is 59.4 Å². The van der Waals surface area contributed by atoms with Crippen LogP contribution >= 0.6 is 0 Å². The fraction of sp³-hybridized carbons (Fsp3) is 0.368. The minimum Gasteiger partial charge on any atom is -0.544 e. The van der Waals surface area contributed by atoms with E-state index in [1.165, 1.54) is 0 Å². The zero-order valence-electron chi connectivity index (χ0n) is 14.9. The number of rotatable bonds is 5. The van der Waals surface area contributed by atoms with Crippen LogP contribution in [0.25, 0.3) is 0 Å². The van der Waals surface area contributed by atoms with Crippen molar-refractivity contribution in [2.24, 2.45) is 4.99 Å². The number of benzene rings is 1. The van der Waals surface area contributed by atoms with E-state index in [1.54, 1.807) is 0 Å². The molecule has 0 spiro atoms. The van der Waals surface area contributed by atoms with Crippen LogP contribution < -0.4 is 4.43 Å². The second-order valence-electron chi connectivity index (χ2n) is 6.86. The Hall–Kier alpha value is -1.94. The molecule has 1 unspecified atom stereocenters. The van der Waals surface area contributed by atoms with Gasteiger partial charge in [-0.2, -0.15) is 0 Å². The van der Waals surface area contributed by atoms with Crippen molar-refractivity contribution in [2.75, 3.05) is 0 Å². The number of aryl methyl sites for hydroxylation is 1. The van der Waals surface area contributed by atoms with Gasteiger partial charge in [0.2, 0.25) is 8.32 Å². The van der Waals surface area contributed by atoms with Gasteiger partial charge in [-0.3, -0.25) is 9.98 Å². The largest absolute Gasteiger partial charge is 0.544 e. The molecule has 4 heteroatoms. The highest BCUT2D eigenvalue weighted by Gasteiger charge is 2.19. The highest BCUT2D eigenvalue weighted by Crippen LogP contribution is 2.29. The molecule has 1 aromatic heterocycles. The van der Waals surface area contributed by atoms with Gasteiger partial charge in [-0.1, -0.05) is 24.3 Å². The van der Waals surface area contributed by atoms with Crippen molar-refractivity contribution < 1.29 is 4.43 Å². The lowest BCUT2D eigenvalue weighted by atomic mass is 10.1. The summed E-state index contributed by atoms with van der Waals surface area (Å²) in [6.45, 7) is 12.7. The molecule has 0 aliphatic rings. The molecule has 0 aliphatic carbocycles. The van der Waals surface area contributed by atoms with E-state index < -0.39 is 8.32 Å². The van der Waals surface area contributed by atoms with Crippen LogP contribution in [0.5, 0.6) is 5.75 Å². The lowest BCUT2D eigenvalue weighted by Gasteiger charge is -2.23. The topological polar surface area (TPSA) is 34.5 Å². The minimum atomic E-state index is -1.65. The molecule has 1 aromatic carbocycles. The smallest absolute Gasteiger partial charge is 0.242 e. The second kappa shape index (κ2) is 7.09. The molecular weight excluding hydrogens is 300 g/mol. The fourth-order valence-corrected chi connectivity index (χ4v) is 3.20. The maximum atomic E-state index is 6.21. The van der Waals surface area contributed by atoms with Crippen LogP contribution in [0.15, 0.2) is 47.6 Å². The molecule has 0 bridgehead atoms. The molecule has 0 saturated carbocycles. The molecule has 0 N–H and O–H groups in total. The third-order valence-electron chi connectivity index (χ3n) is 3.45. The molecule has 0 fully saturated rings. The highest BCUT2D eigenvalue weighted by molar-refractivity contribution is 6.70. The zero-order valence-corrected chi connectivity index (χ0v) is 15.9. The Morgan fingerprint density at radius 3 is 2.43 bits per heavy atom. The van der Waals surface area contributed by atoms with E-state index in [9.17, 15) is 0 Å². The van der Waals surface area contributed by atoms with Crippen LogP contribution in [0.2, 0.25) is 19.6 Å². The zero-order chi connectivity index (χ0) is 17.0. The maximum Gasteiger partial charge on any atom is 0.242 e. The summed E-state index contributed by atoms with van der Waals surface area (Å²) < 4.78 is 6.21. The molecule has 23 heavy (non-hydrogen) atoms. The molecule has 1 atom stereocenters. The van der Waals surface area contributed by atoms with Gasteiger partial charge < -0.3 is 4.43 Å². The summed E-state index contributed by atoms with van der Waals surface area (Å²) in [4.78, 5) is 9.28. The summed E-state index contributed by atoms with van der Waals surface area (Å²) in [7, 11) is -1.65. The van der Waals surface area contributed by atoms with Crippen molar-refractivity contribution in [1.82, 2.24) is 4.98 Å². The van der Waals surface area contributed by atoms with Crippen molar-refractivity contribution in [2.45, 2.75) is 46.5 Å². The van der Waals surface area contributed by atoms with E-state index in [4.69, 9.17) is 9.42 Å². The number of para-hydroxylation sites is 1. The summed E-state index contributed by atoms with van der Waals surface area (Å²) in [5.41, 5.74) is 4.15. The third kappa shape index (κ3) is 5.03. The fourth-order valence-electron chi connectivity index (χ4n) is 2.36. The Morgan fingerprint density at radius 2 is 1.83 bits per heavy atom. The van der Waals surface area contributed by atoms with Gasteiger partial charge >= 0.3 is 0 Å². The first-order valence-corrected chi connectivity index (χ1v) is 11.4. The number of aromatic nitrogens is 1. The number of hydrogen-bond acceptors (Lipinski definition) is 3. The predicted molar refractivity (Wildman–Crippen MR) is 100 cm³/mol. The number of pyridine rings is 1. The summed E-state index contributed by atoms with van der Waals surface area (Å²) in [6.07, 6.45) is 1.88. The van der Waals surface area contributed by atoms with Gasteiger partial charge in [-0.05, 0) is 58.1 Å². The summed E-state index contributed by atoms with van der Waals surface area (Å²) in [6, 6.07) is 12.3. The lowest BCUT2D eigenvalue weighted by molar-refractivity contribution is 0.543. The summed E-state index contributed by atoms with van der Waals surface area (Å²) in [5.74, 6) is 0.951. The molecule has 1 heterocycles. The molecule has 0 saturated heterocycles. The van der Waals surface area contributed by atoms with Crippen LogP contribution in [-0.4, -0.2) is 19.0 Å². The monoisotopic (exact) mass is 326 g/mol. The summed E-state index contributed by atoms with van der Waals surface area (Å²) >= 11 is 0. The van der Waals surface area contributed by atoms with Crippen LogP contribution in [-0.2, 0) is 0 Å². The van der Waals surface area contributed by atoms with E-state index in [2.05, 4.69) is 43.7 Å². The quantitative estimate of drug-likeness (QED) is 0.561. The SMILES string of the molecule is CC(=NC(C)c1ccccc1O[Si](C)(C)C)c1ccc(C)cn1. The Balaban J connectivity index is 2.28. The number of aliphatic imine (C=N–C) groups is 1. The first-order valence-electron chi connectivity index (χ1n) is 8.01. The van der Waals surface area contributed by atoms with Crippen LogP contribution in [0.1, 0.15) is 36.7 Å². The standard InChI is InChI=1S/C19H26N2OSi/c1-14-11-12-18(20-13-14)16(3)21-15(2)17-9-7-8-10-19(17)22-23(4,5)6/h7-13,15H,1-6H3. The predicted octanol–water partition coefficient (Wildman–Crippen LogP) is 5.17. The van der Waals surface area contributed by atoms with Gasteiger partial charge in [0.15, 0.2) is 0 Å². The first kappa shape index (κ1) is 17.4. The number of nitrogens with zero attached hydrogens (tertiary/aromatic N) is 2. The third-order valence-corrected chi connectivity index (χ3v) is 4.29. The molecule has 0 aliphatic heterocycles. The maximum absolute atomic E-state index is 6.21. The average molecular weight is 327 g/mol. The van der Waals surface area contributed by atoms with Gasteiger partial charge in [0, 0.05) is 11.8 Å². The molecular formula is C19H26N2OSi. The Labute approximate surface area is 140 Å². The van der Waals surface area contributed by atoms with Crippen LogP contribution in [0, 0.1) is 6.92 Å². The van der Waals surface area contributed by atoms with Crippen molar-refractivity contribution in [3.8, 4) is 5.75 Å². The van der Waals surface area contributed by atoms with Gasteiger partial charge in [-0.15, -0.1) is 0 Å². The van der Waals surface area contributed by atoms with Crippen molar-refractivity contribution >= 4 is 14.0 Å².